The van der Waals surface area contributed by atoms with E-state index < -0.39 is 0 Å². The Labute approximate surface area is 148 Å². The fourth-order valence-corrected chi connectivity index (χ4v) is 3.93. The maximum absolute atomic E-state index is 13.1. The van der Waals surface area contributed by atoms with Crippen molar-refractivity contribution in [3.63, 3.8) is 0 Å². The highest BCUT2D eigenvalue weighted by atomic mass is 19.1. The van der Waals surface area contributed by atoms with Crippen LogP contribution in [-0.4, -0.2) is 43.9 Å². The Kier molecular flexibility index (Phi) is 4.99. The molecule has 0 amide bonds. The van der Waals surface area contributed by atoms with Crippen molar-refractivity contribution in [3.8, 4) is 5.75 Å². The second-order valence-electron chi connectivity index (χ2n) is 6.96. The molecular weight excluding hydrogens is 317 g/mol. The fraction of sp³-hybridized carbons (Fsp3) is 0.429. The molecule has 0 saturated carbocycles. The molecule has 2 aromatic carbocycles. The van der Waals surface area contributed by atoms with Gasteiger partial charge in [0.15, 0.2) is 0 Å². The summed E-state index contributed by atoms with van der Waals surface area (Å²) in [6.07, 6.45) is 2.38. The number of hydrogen-bond donors (Lipinski definition) is 0. The Morgan fingerprint density at radius 1 is 1.12 bits per heavy atom. The highest BCUT2D eigenvalue weighted by molar-refractivity contribution is 5.35. The number of nitrogens with zero attached hydrogens (tertiary/aromatic N) is 1. The third kappa shape index (κ3) is 4.02. The zero-order chi connectivity index (χ0) is 17.1. The Morgan fingerprint density at radius 3 is 2.84 bits per heavy atom. The SMILES string of the molecule is Fc1ccc(OC2COCCN(CC3CCc4ccccc43)C2)cc1. The summed E-state index contributed by atoms with van der Waals surface area (Å²) in [5, 5.41) is 0. The molecule has 1 aliphatic carbocycles. The van der Waals surface area contributed by atoms with Crippen LogP contribution in [0.15, 0.2) is 48.5 Å². The zero-order valence-electron chi connectivity index (χ0n) is 14.4. The predicted molar refractivity (Wildman–Crippen MR) is 95.6 cm³/mol. The van der Waals surface area contributed by atoms with E-state index in [4.69, 9.17) is 9.47 Å². The van der Waals surface area contributed by atoms with E-state index in [2.05, 4.69) is 29.2 Å². The van der Waals surface area contributed by atoms with Gasteiger partial charge in [0, 0.05) is 19.6 Å². The van der Waals surface area contributed by atoms with Crippen LogP contribution < -0.4 is 4.74 Å². The molecule has 2 aromatic rings. The molecule has 1 aliphatic heterocycles. The van der Waals surface area contributed by atoms with Crippen molar-refractivity contribution in [3.05, 3.63) is 65.5 Å². The largest absolute Gasteiger partial charge is 0.487 e. The first-order valence-corrected chi connectivity index (χ1v) is 9.08. The van der Waals surface area contributed by atoms with Crippen molar-refractivity contribution in [2.45, 2.75) is 24.9 Å². The number of benzene rings is 2. The summed E-state index contributed by atoms with van der Waals surface area (Å²) in [7, 11) is 0. The average molecular weight is 341 g/mol. The van der Waals surface area contributed by atoms with Crippen LogP contribution in [0.25, 0.3) is 0 Å². The second-order valence-corrected chi connectivity index (χ2v) is 6.96. The van der Waals surface area contributed by atoms with Gasteiger partial charge in [-0.2, -0.15) is 0 Å². The summed E-state index contributed by atoms with van der Waals surface area (Å²) in [5.74, 6) is 1.05. The number of hydrogen-bond acceptors (Lipinski definition) is 3. The molecule has 132 valence electrons. The Hall–Kier alpha value is -1.91. The van der Waals surface area contributed by atoms with Crippen molar-refractivity contribution in [2.24, 2.45) is 0 Å². The molecule has 2 unspecified atom stereocenters. The molecule has 25 heavy (non-hydrogen) atoms. The number of ether oxygens (including phenoxy) is 2. The smallest absolute Gasteiger partial charge is 0.135 e. The number of aryl methyl sites for hydroxylation is 1. The molecular formula is C21H24FNO2. The van der Waals surface area contributed by atoms with Gasteiger partial charge in [-0.05, 0) is 54.2 Å². The molecule has 1 saturated heterocycles. The molecule has 4 rings (SSSR count). The van der Waals surface area contributed by atoms with Crippen molar-refractivity contribution in [2.75, 3.05) is 32.8 Å². The highest BCUT2D eigenvalue weighted by Crippen LogP contribution is 2.33. The summed E-state index contributed by atoms with van der Waals surface area (Å²) in [6.45, 7) is 4.13. The highest BCUT2D eigenvalue weighted by Gasteiger charge is 2.27. The molecule has 0 spiro atoms. The van der Waals surface area contributed by atoms with E-state index in [9.17, 15) is 4.39 Å². The van der Waals surface area contributed by atoms with Crippen LogP contribution in [0.3, 0.4) is 0 Å². The van der Waals surface area contributed by atoms with Crippen molar-refractivity contribution in [1.29, 1.82) is 0 Å². The van der Waals surface area contributed by atoms with Crippen LogP contribution in [-0.2, 0) is 11.2 Å². The van der Waals surface area contributed by atoms with Crippen molar-refractivity contribution in [1.82, 2.24) is 4.90 Å². The third-order valence-electron chi connectivity index (χ3n) is 5.17. The van der Waals surface area contributed by atoms with Crippen molar-refractivity contribution < 1.29 is 13.9 Å². The molecule has 0 N–H and O–H groups in total. The minimum atomic E-state index is -0.244. The van der Waals surface area contributed by atoms with Crippen LogP contribution in [0.1, 0.15) is 23.5 Å². The van der Waals surface area contributed by atoms with E-state index in [-0.39, 0.29) is 11.9 Å². The summed E-state index contributed by atoms with van der Waals surface area (Å²) in [5.41, 5.74) is 3.00. The van der Waals surface area contributed by atoms with E-state index >= 15 is 0 Å². The number of fused-ring (bicyclic) bond motifs is 1. The maximum Gasteiger partial charge on any atom is 0.135 e. The Bertz CT molecular complexity index is 703. The lowest BCUT2D eigenvalue weighted by Gasteiger charge is -2.27. The van der Waals surface area contributed by atoms with E-state index in [1.54, 1.807) is 12.1 Å². The summed E-state index contributed by atoms with van der Waals surface area (Å²) < 4.78 is 24.8. The maximum atomic E-state index is 13.1. The van der Waals surface area contributed by atoms with Crippen LogP contribution in [0, 0.1) is 5.82 Å². The van der Waals surface area contributed by atoms with Gasteiger partial charge in [-0.1, -0.05) is 24.3 Å². The first kappa shape index (κ1) is 16.6. The van der Waals surface area contributed by atoms with Gasteiger partial charge >= 0.3 is 0 Å². The lowest BCUT2D eigenvalue weighted by Crippen LogP contribution is -2.38. The number of rotatable bonds is 4. The van der Waals surface area contributed by atoms with E-state index in [0.717, 1.165) is 26.2 Å². The minimum Gasteiger partial charge on any atom is -0.487 e. The molecule has 2 atom stereocenters. The first-order valence-electron chi connectivity index (χ1n) is 9.08. The first-order chi connectivity index (χ1) is 12.3. The van der Waals surface area contributed by atoms with Gasteiger partial charge in [0.1, 0.15) is 17.7 Å². The normalized spacial score (nSPS) is 23.9. The van der Waals surface area contributed by atoms with Gasteiger partial charge in [-0.15, -0.1) is 0 Å². The molecule has 3 nitrogen and oxygen atoms in total. The summed E-state index contributed by atoms with van der Waals surface area (Å²) in [4.78, 5) is 2.45. The monoisotopic (exact) mass is 341 g/mol. The zero-order valence-corrected chi connectivity index (χ0v) is 14.4. The predicted octanol–water partition coefficient (Wildman–Crippen LogP) is 3.64. The quantitative estimate of drug-likeness (QED) is 0.848. The van der Waals surface area contributed by atoms with Crippen LogP contribution in [0.2, 0.25) is 0 Å². The van der Waals surface area contributed by atoms with Gasteiger partial charge in [-0.25, -0.2) is 4.39 Å². The lowest BCUT2D eigenvalue weighted by atomic mass is 10.0. The van der Waals surface area contributed by atoms with Gasteiger partial charge in [0.2, 0.25) is 0 Å². The Balaban J connectivity index is 1.39. The van der Waals surface area contributed by atoms with E-state index in [1.165, 1.54) is 36.1 Å². The molecule has 2 aliphatic rings. The van der Waals surface area contributed by atoms with E-state index in [1.807, 2.05) is 0 Å². The minimum absolute atomic E-state index is 0.0235. The number of halogens is 1. The third-order valence-corrected chi connectivity index (χ3v) is 5.17. The van der Waals surface area contributed by atoms with Crippen LogP contribution >= 0.6 is 0 Å². The van der Waals surface area contributed by atoms with Crippen LogP contribution in [0.4, 0.5) is 4.39 Å². The van der Waals surface area contributed by atoms with E-state index in [0.29, 0.717) is 18.3 Å². The van der Waals surface area contributed by atoms with Gasteiger partial charge in [0.25, 0.3) is 0 Å². The second kappa shape index (κ2) is 7.54. The standard InChI is InChI=1S/C21H24FNO2/c22-18-7-9-19(10-8-18)25-20-14-23(11-12-24-15-20)13-17-6-5-16-3-1-2-4-21(16)17/h1-4,7-10,17,20H,5-6,11-15H2. The summed E-state index contributed by atoms with van der Waals surface area (Å²) in [6, 6.07) is 15.0. The fourth-order valence-electron chi connectivity index (χ4n) is 3.93. The molecule has 0 radical (unpaired) electrons. The Morgan fingerprint density at radius 2 is 1.96 bits per heavy atom. The van der Waals surface area contributed by atoms with Gasteiger partial charge in [-0.3, -0.25) is 4.90 Å². The molecule has 1 heterocycles. The lowest BCUT2D eigenvalue weighted by molar-refractivity contribution is 0.0710. The van der Waals surface area contributed by atoms with Crippen molar-refractivity contribution >= 4 is 0 Å². The summed E-state index contributed by atoms with van der Waals surface area (Å²) >= 11 is 0. The molecule has 4 heteroatoms. The molecule has 0 aromatic heterocycles. The van der Waals surface area contributed by atoms with Crippen LogP contribution in [0.5, 0.6) is 5.75 Å². The molecule has 0 bridgehead atoms. The topological polar surface area (TPSA) is 21.7 Å². The average Bonchev–Trinajstić information content (AvgIpc) is 2.89. The van der Waals surface area contributed by atoms with Gasteiger partial charge in [0.05, 0.1) is 13.2 Å². The molecule has 1 fully saturated rings. The van der Waals surface area contributed by atoms with Gasteiger partial charge < -0.3 is 9.47 Å².